The largest absolute Gasteiger partial charge is 0.205 e. The Labute approximate surface area is 92.9 Å². The van der Waals surface area contributed by atoms with Gasteiger partial charge in [0.1, 0.15) is 5.82 Å². The second-order valence-corrected chi connectivity index (χ2v) is 4.60. The number of fused-ring (bicyclic) bond motifs is 1. The first-order chi connectivity index (χ1) is 6.74. The van der Waals surface area contributed by atoms with Crippen LogP contribution in [0, 0.1) is 17.1 Å². The van der Waals surface area contributed by atoms with Gasteiger partial charge in [0.2, 0.25) is 0 Å². The van der Waals surface area contributed by atoms with Crippen LogP contribution in [-0.2, 0) is 6.42 Å². The van der Waals surface area contributed by atoms with Crippen molar-refractivity contribution >= 4 is 37.4 Å². The zero-order chi connectivity index (χ0) is 10.1. The summed E-state index contributed by atoms with van der Waals surface area (Å²) in [4.78, 5) is 0. The van der Waals surface area contributed by atoms with Gasteiger partial charge in [-0.2, -0.15) is 5.26 Å². The number of hydrogen-bond acceptors (Lipinski definition) is 2. The van der Waals surface area contributed by atoms with E-state index < -0.39 is 0 Å². The van der Waals surface area contributed by atoms with Crippen LogP contribution in [0.1, 0.15) is 5.56 Å². The quantitative estimate of drug-likeness (QED) is 0.771. The van der Waals surface area contributed by atoms with E-state index >= 15 is 0 Å². The molecule has 1 aromatic heterocycles. The highest BCUT2D eigenvalue weighted by atomic mass is 79.9. The van der Waals surface area contributed by atoms with Gasteiger partial charge in [0.25, 0.3) is 0 Å². The van der Waals surface area contributed by atoms with Crippen molar-refractivity contribution in [3.63, 3.8) is 0 Å². The SMILES string of the molecule is N#CCc1csc2ccc(Br)c(F)c12. The van der Waals surface area contributed by atoms with Gasteiger partial charge in [-0.25, -0.2) is 4.39 Å². The van der Waals surface area contributed by atoms with Gasteiger partial charge in [-0.3, -0.25) is 0 Å². The van der Waals surface area contributed by atoms with Gasteiger partial charge in [-0.15, -0.1) is 11.3 Å². The van der Waals surface area contributed by atoms with Gasteiger partial charge in [-0.1, -0.05) is 0 Å². The first kappa shape index (κ1) is 9.63. The lowest BCUT2D eigenvalue weighted by Gasteiger charge is -1.97. The average molecular weight is 270 g/mol. The molecule has 0 fully saturated rings. The molecule has 1 aromatic carbocycles. The van der Waals surface area contributed by atoms with Crippen LogP contribution in [0.3, 0.4) is 0 Å². The molecule has 2 aromatic rings. The van der Waals surface area contributed by atoms with Crippen molar-refractivity contribution in [2.45, 2.75) is 6.42 Å². The number of benzene rings is 1. The van der Waals surface area contributed by atoms with Gasteiger partial charge in [0, 0.05) is 10.1 Å². The minimum Gasteiger partial charge on any atom is -0.205 e. The number of halogens is 2. The van der Waals surface area contributed by atoms with Crippen LogP contribution in [0.25, 0.3) is 10.1 Å². The van der Waals surface area contributed by atoms with Crippen LogP contribution in [0.5, 0.6) is 0 Å². The van der Waals surface area contributed by atoms with E-state index in [0.717, 1.165) is 10.3 Å². The molecule has 0 spiro atoms. The van der Waals surface area contributed by atoms with Crippen LogP contribution in [0.15, 0.2) is 22.0 Å². The third kappa shape index (κ3) is 1.43. The van der Waals surface area contributed by atoms with Crippen molar-refractivity contribution in [1.82, 2.24) is 0 Å². The standard InChI is InChI=1S/C10H5BrFNS/c11-7-1-2-8-9(10(7)12)6(3-4-13)5-14-8/h1-2,5H,3H2. The van der Waals surface area contributed by atoms with Crippen molar-refractivity contribution in [2.75, 3.05) is 0 Å². The smallest absolute Gasteiger partial charge is 0.146 e. The van der Waals surface area contributed by atoms with Crippen molar-refractivity contribution in [3.8, 4) is 6.07 Å². The maximum Gasteiger partial charge on any atom is 0.146 e. The lowest BCUT2D eigenvalue weighted by atomic mass is 10.1. The molecule has 70 valence electrons. The molecule has 0 aliphatic carbocycles. The topological polar surface area (TPSA) is 23.8 Å². The van der Waals surface area contributed by atoms with E-state index in [1.807, 2.05) is 17.5 Å². The normalized spacial score (nSPS) is 10.4. The Morgan fingerprint density at radius 1 is 1.50 bits per heavy atom. The van der Waals surface area contributed by atoms with Gasteiger partial charge in [0.05, 0.1) is 17.0 Å². The summed E-state index contributed by atoms with van der Waals surface area (Å²) in [5.41, 5.74) is 0.770. The van der Waals surface area contributed by atoms with E-state index in [1.165, 1.54) is 11.3 Å². The minimum absolute atomic E-state index is 0.257. The summed E-state index contributed by atoms with van der Waals surface area (Å²) in [7, 11) is 0. The highest BCUT2D eigenvalue weighted by Gasteiger charge is 2.11. The maximum absolute atomic E-state index is 13.7. The lowest BCUT2D eigenvalue weighted by molar-refractivity contribution is 0.633. The van der Waals surface area contributed by atoms with Crippen LogP contribution in [0.2, 0.25) is 0 Å². The molecule has 1 nitrogen and oxygen atoms in total. The molecule has 0 unspecified atom stereocenters. The van der Waals surface area contributed by atoms with Crippen LogP contribution in [0.4, 0.5) is 4.39 Å². The zero-order valence-corrected chi connectivity index (χ0v) is 9.45. The Bertz CT molecular complexity index is 527. The van der Waals surface area contributed by atoms with E-state index in [0.29, 0.717) is 9.86 Å². The van der Waals surface area contributed by atoms with E-state index in [4.69, 9.17) is 5.26 Å². The second-order valence-electron chi connectivity index (χ2n) is 2.83. The fraction of sp³-hybridized carbons (Fsp3) is 0.100. The average Bonchev–Trinajstić information content (AvgIpc) is 2.57. The summed E-state index contributed by atoms with van der Waals surface area (Å²) >= 11 is 4.60. The predicted molar refractivity (Wildman–Crippen MR) is 58.8 cm³/mol. The third-order valence-corrected chi connectivity index (χ3v) is 3.58. The third-order valence-electron chi connectivity index (χ3n) is 1.98. The number of nitrogens with zero attached hydrogens (tertiary/aromatic N) is 1. The van der Waals surface area contributed by atoms with Crippen molar-refractivity contribution in [2.24, 2.45) is 0 Å². The van der Waals surface area contributed by atoms with E-state index in [2.05, 4.69) is 15.9 Å². The molecule has 4 heteroatoms. The monoisotopic (exact) mass is 269 g/mol. The molecule has 0 amide bonds. The Morgan fingerprint density at radius 2 is 2.29 bits per heavy atom. The zero-order valence-electron chi connectivity index (χ0n) is 7.05. The molecule has 0 aliphatic heterocycles. The van der Waals surface area contributed by atoms with Gasteiger partial charge >= 0.3 is 0 Å². The lowest BCUT2D eigenvalue weighted by Crippen LogP contribution is -1.83. The predicted octanol–water partition coefficient (Wildman–Crippen LogP) is 3.87. The number of thiophene rings is 1. The van der Waals surface area contributed by atoms with Crippen LogP contribution in [-0.4, -0.2) is 0 Å². The molecule has 0 saturated heterocycles. The summed E-state index contributed by atoms with van der Waals surface area (Å²) in [6, 6.07) is 5.57. The summed E-state index contributed by atoms with van der Waals surface area (Å²) in [6.45, 7) is 0. The molecular weight excluding hydrogens is 265 g/mol. The summed E-state index contributed by atoms with van der Waals surface area (Å²) in [5, 5.41) is 11.0. The van der Waals surface area contributed by atoms with Crippen molar-refractivity contribution in [3.05, 3.63) is 33.4 Å². The summed E-state index contributed by atoms with van der Waals surface area (Å²) in [6.07, 6.45) is 0.257. The Morgan fingerprint density at radius 3 is 3.00 bits per heavy atom. The molecule has 2 rings (SSSR count). The molecule has 1 heterocycles. The summed E-state index contributed by atoms with van der Waals surface area (Å²) < 4.78 is 15.0. The highest BCUT2D eigenvalue weighted by Crippen LogP contribution is 2.32. The summed E-state index contributed by atoms with van der Waals surface area (Å²) in [5.74, 6) is -0.269. The molecule has 0 bridgehead atoms. The molecule has 0 atom stereocenters. The minimum atomic E-state index is -0.269. The Balaban J connectivity index is 2.77. The second kappa shape index (κ2) is 3.68. The molecule has 0 N–H and O–H groups in total. The van der Waals surface area contributed by atoms with Crippen molar-refractivity contribution < 1.29 is 4.39 Å². The Hall–Kier alpha value is -0.920. The van der Waals surface area contributed by atoms with Gasteiger partial charge in [-0.05, 0) is 39.0 Å². The van der Waals surface area contributed by atoms with Gasteiger partial charge in [0.15, 0.2) is 0 Å². The molecule has 0 radical (unpaired) electrons. The van der Waals surface area contributed by atoms with Gasteiger partial charge < -0.3 is 0 Å². The fourth-order valence-corrected chi connectivity index (χ4v) is 2.63. The first-order valence-electron chi connectivity index (χ1n) is 3.95. The number of rotatable bonds is 1. The molecule has 0 saturated carbocycles. The first-order valence-corrected chi connectivity index (χ1v) is 5.62. The highest BCUT2D eigenvalue weighted by molar-refractivity contribution is 9.10. The van der Waals surface area contributed by atoms with E-state index in [1.54, 1.807) is 6.07 Å². The fourth-order valence-electron chi connectivity index (χ4n) is 1.34. The number of hydrogen-bond donors (Lipinski definition) is 0. The molecular formula is C10H5BrFNS. The van der Waals surface area contributed by atoms with Crippen molar-refractivity contribution in [1.29, 1.82) is 5.26 Å². The van der Waals surface area contributed by atoms with Crippen LogP contribution >= 0.6 is 27.3 Å². The molecule has 0 aliphatic rings. The maximum atomic E-state index is 13.7. The van der Waals surface area contributed by atoms with E-state index in [-0.39, 0.29) is 12.2 Å². The molecule has 14 heavy (non-hydrogen) atoms. The van der Waals surface area contributed by atoms with Crippen LogP contribution < -0.4 is 0 Å². The number of nitriles is 1. The Kier molecular flexibility index (Phi) is 2.53. The van der Waals surface area contributed by atoms with E-state index in [9.17, 15) is 4.39 Å².